The molecule has 10 heteroatoms. The van der Waals surface area contributed by atoms with Crippen molar-refractivity contribution in [2.24, 2.45) is 11.8 Å². The van der Waals surface area contributed by atoms with Gasteiger partial charge in [0.15, 0.2) is 0 Å². The molecule has 0 saturated heterocycles. The van der Waals surface area contributed by atoms with Crippen LogP contribution in [0.3, 0.4) is 0 Å². The molecule has 2 aromatic carbocycles. The fraction of sp³-hybridized carbons (Fsp3) is 0.556. The summed E-state index contributed by atoms with van der Waals surface area (Å²) in [6.45, 7) is 22.0. The second-order valence-electron chi connectivity index (χ2n) is 14.5. The van der Waals surface area contributed by atoms with Gasteiger partial charge in [-0.1, -0.05) is 74.9 Å². The summed E-state index contributed by atoms with van der Waals surface area (Å²) in [7, 11) is 0.868. The minimum absolute atomic E-state index is 0.0922. The summed E-state index contributed by atoms with van der Waals surface area (Å²) in [4.78, 5) is 53.9. The lowest BCUT2D eigenvalue weighted by atomic mass is 9.78. The summed E-state index contributed by atoms with van der Waals surface area (Å²) in [5.41, 5.74) is 0.968. The zero-order valence-corrected chi connectivity index (χ0v) is 31.1. The Balaban J connectivity index is 2.79. The number of benzene rings is 2. The van der Waals surface area contributed by atoms with Crippen LogP contribution in [0, 0.1) is 25.7 Å². The third kappa shape index (κ3) is 10.3. The van der Waals surface area contributed by atoms with Crippen molar-refractivity contribution in [1.82, 2.24) is 10.6 Å². The van der Waals surface area contributed by atoms with E-state index in [1.807, 2.05) is 52.8 Å². The smallest absolute Gasteiger partial charge is 0.344 e. The van der Waals surface area contributed by atoms with E-state index in [2.05, 4.69) is 22.3 Å². The van der Waals surface area contributed by atoms with Gasteiger partial charge < -0.3 is 20.1 Å². The van der Waals surface area contributed by atoms with Crippen LogP contribution in [0.2, 0.25) is 0 Å². The molecule has 2 N–H and O–H groups in total. The van der Waals surface area contributed by atoms with Crippen LogP contribution in [0.25, 0.3) is 0 Å². The monoisotopic (exact) mass is 672 g/mol. The number of ether oxygens (including phenoxy) is 2. The van der Waals surface area contributed by atoms with E-state index in [0.29, 0.717) is 28.7 Å². The Morgan fingerprint density at radius 2 is 1.37 bits per heavy atom. The maximum atomic E-state index is 14.3. The summed E-state index contributed by atoms with van der Waals surface area (Å²) in [6.07, 6.45) is 0.371. The highest BCUT2D eigenvalue weighted by Crippen LogP contribution is 2.47. The SMILES string of the molecule is Cc1ccccc1C(=O)NC(SS)(C(=O)OC(C)(C)C)C(c1cccc(C)c1C(=O)NC(CC(C)C)C(=O)OC(C)(C)C)C(C)C. The Labute approximate surface area is 284 Å². The van der Waals surface area contributed by atoms with Crippen LogP contribution in [-0.4, -0.2) is 45.9 Å². The molecule has 2 rings (SSSR count). The third-order valence-electron chi connectivity index (χ3n) is 7.21. The molecule has 2 aromatic rings. The van der Waals surface area contributed by atoms with Crippen molar-refractivity contribution in [2.45, 2.75) is 118 Å². The minimum Gasteiger partial charge on any atom is -0.458 e. The lowest BCUT2D eigenvalue weighted by molar-refractivity contribution is -0.160. The van der Waals surface area contributed by atoms with Crippen LogP contribution in [0.1, 0.15) is 119 Å². The van der Waals surface area contributed by atoms with Crippen molar-refractivity contribution < 1.29 is 28.7 Å². The molecule has 0 aliphatic heterocycles. The molecule has 0 heterocycles. The van der Waals surface area contributed by atoms with Crippen LogP contribution in [0.5, 0.6) is 0 Å². The number of carbonyl (C=O) groups is 4. The van der Waals surface area contributed by atoms with Gasteiger partial charge in [0.25, 0.3) is 11.8 Å². The third-order valence-corrected chi connectivity index (χ3v) is 8.89. The summed E-state index contributed by atoms with van der Waals surface area (Å²) in [6, 6.07) is 11.6. The van der Waals surface area contributed by atoms with Gasteiger partial charge in [0.1, 0.15) is 17.2 Å². The number of nitrogens with one attached hydrogen (secondary N) is 2. The Hall–Kier alpha value is -2.98. The van der Waals surface area contributed by atoms with Gasteiger partial charge in [0.2, 0.25) is 4.87 Å². The van der Waals surface area contributed by atoms with Gasteiger partial charge in [0, 0.05) is 17.0 Å². The number of hydrogen-bond donors (Lipinski definition) is 3. The topological polar surface area (TPSA) is 111 Å². The highest BCUT2D eigenvalue weighted by Gasteiger charge is 2.53. The summed E-state index contributed by atoms with van der Waals surface area (Å²) >= 11 is 4.60. The molecule has 0 aliphatic carbocycles. The first-order chi connectivity index (χ1) is 21.1. The van der Waals surface area contributed by atoms with E-state index < -0.39 is 51.8 Å². The lowest BCUT2D eigenvalue weighted by Crippen LogP contribution is -2.58. The maximum absolute atomic E-state index is 14.3. The van der Waals surface area contributed by atoms with Crippen molar-refractivity contribution in [3.63, 3.8) is 0 Å². The van der Waals surface area contributed by atoms with Crippen molar-refractivity contribution in [3.8, 4) is 0 Å². The highest BCUT2D eigenvalue weighted by molar-refractivity contribution is 8.69. The Morgan fingerprint density at radius 1 is 0.804 bits per heavy atom. The number of hydrogen-bond acceptors (Lipinski definition) is 8. The van der Waals surface area contributed by atoms with Gasteiger partial charge in [0.05, 0.1) is 0 Å². The zero-order chi connectivity index (χ0) is 35.2. The first kappa shape index (κ1) is 39.2. The molecule has 0 bridgehead atoms. The van der Waals surface area contributed by atoms with E-state index in [1.165, 1.54) is 0 Å². The molecule has 0 spiro atoms. The average Bonchev–Trinajstić information content (AvgIpc) is 2.90. The molecular weight excluding hydrogens is 621 g/mol. The van der Waals surface area contributed by atoms with Crippen molar-refractivity contribution >= 4 is 46.2 Å². The number of amides is 2. The van der Waals surface area contributed by atoms with Gasteiger partial charge in [-0.2, -0.15) is 0 Å². The van der Waals surface area contributed by atoms with E-state index in [1.54, 1.807) is 72.7 Å². The van der Waals surface area contributed by atoms with E-state index in [4.69, 9.17) is 9.47 Å². The molecule has 0 aliphatic rings. The van der Waals surface area contributed by atoms with Crippen molar-refractivity contribution in [2.75, 3.05) is 0 Å². The fourth-order valence-electron chi connectivity index (χ4n) is 5.39. The van der Waals surface area contributed by atoms with Gasteiger partial charge >= 0.3 is 11.9 Å². The normalized spacial score (nSPS) is 14.7. The number of aryl methyl sites for hydroxylation is 2. The number of carbonyl (C=O) groups excluding carboxylic acids is 4. The van der Waals surface area contributed by atoms with Crippen LogP contribution in [0.4, 0.5) is 0 Å². The van der Waals surface area contributed by atoms with Crippen molar-refractivity contribution in [1.29, 1.82) is 0 Å². The maximum Gasteiger partial charge on any atom is 0.344 e. The van der Waals surface area contributed by atoms with Crippen LogP contribution in [0.15, 0.2) is 42.5 Å². The number of rotatable bonds is 12. The predicted molar refractivity (Wildman–Crippen MR) is 189 cm³/mol. The van der Waals surface area contributed by atoms with Gasteiger partial charge in [-0.05, 0) is 96.4 Å². The van der Waals surface area contributed by atoms with E-state index >= 15 is 0 Å². The largest absolute Gasteiger partial charge is 0.458 e. The Kier molecular flexibility index (Phi) is 13.4. The second-order valence-corrected chi connectivity index (χ2v) is 15.9. The molecule has 254 valence electrons. The minimum atomic E-state index is -1.75. The molecule has 0 fully saturated rings. The first-order valence-electron chi connectivity index (χ1n) is 15.7. The standard InChI is InChI=1S/C36H52N2O6S2/c1-21(2)20-27(32(41)43-34(7,8)9)37-31(40)28-24(6)17-15-19-26(28)29(22(3)4)36(46-45,33(42)44-35(10,11)12)38-30(39)25-18-14-13-16-23(25)5/h13-19,21-22,27,29,45H,20H2,1-12H3,(H,37,40)(H,38,39). The number of esters is 2. The molecule has 46 heavy (non-hydrogen) atoms. The lowest BCUT2D eigenvalue weighted by Gasteiger charge is -2.42. The van der Waals surface area contributed by atoms with E-state index in [-0.39, 0.29) is 11.8 Å². The van der Waals surface area contributed by atoms with Gasteiger partial charge in [-0.3, -0.25) is 9.59 Å². The van der Waals surface area contributed by atoms with Crippen molar-refractivity contribution in [3.05, 3.63) is 70.3 Å². The highest BCUT2D eigenvalue weighted by atomic mass is 33.1. The Bertz CT molecular complexity index is 1410. The molecule has 3 unspecified atom stereocenters. The average molecular weight is 673 g/mol. The van der Waals surface area contributed by atoms with Crippen LogP contribution < -0.4 is 10.6 Å². The molecule has 2 amide bonds. The fourth-order valence-corrected chi connectivity index (χ4v) is 6.85. The Morgan fingerprint density at radius 3 is 1.87 bits per heavy atom. The predicted octanol–water partition coefficient (Wildman–Crippen LogP) is 7.58. The second kappa shape index (κ2) is 15.7. The molecule has 0 aromatic heterocycles. The van der Waals surface area contributed by atoms with Gasteiger partial charge in [-0.15, -0.1) is 11.7 Å². The first-order valence-corrected chi connectivity index (χ1v) is 17.6. The summed E-state index contributed by atoms with van der Waals surface area (Å²) in [5, 5.41) is 5.93. The summed E-state index contributed by atoms with van der Waals surface area (Å²) < 4.78 is 11.6. The zero-order valence-electron chi connectivity index (χ0n) is 29.4. The van der Waals surface area contributed by atoms with Gasteiger partial charge in [-0.25, -0.2) is 9.59 Å². The van der Waals surface area contributed by atoms with Crippen LogP contribution >= 0.6 is 22.5 Å². The molecular formula is C36H52N2O6S2. The van der Waals surface area contributed by atoms with E-state index in [9.17, 15) is 19.2 Å². The van der Waals surface area contributed by atoms with E-state index in [0.717, 1.165) is 16.4 Å². The summed E-state index contributed by atoms with van der Waals surface area (Å²) in [5.74, 6) is -3.17. The van der Waals surface area contributed by atoms with Crippen LogP contribution in [-0.2, 0) is 19.1 Å². The molecule has 0 saturated carbocycles. The molecule has 0 radical (unpaired) electrons. The number of thiol groups is 1. The molecule has 3 atom stereocenters. The molecule has 8 nitrogen and oxygen atoms in total. The quantitative estimate of drug-likeness (QED) is 0.0923.